The molecule has 5 nitrogen and oxygen atoms in total. The van der Waals surface area contributed by atoms with Gasteiger partial charge in [-0.15, -0.1) is 0 Å². The Kier molecular flexibility index (Phi) is 5.17. The van der Waals surface area contributed by atoms with Gasteiger partial charge in [0, 0.05) is 23.2 Å². The van der Waals surface area contributed by atoms with Crippen molar-refractivity contribution in [1.82, 2.24) is 15.3 Å². The first kappa shape index (κ1) is 17.9. The van der Waals surface area contributed by atoms with E-state index in [-0.39, 0.29) is 5.91 Å². The number of rotatable bonds is 5. The number of amides is 1. The van der Waals surface area contributed by atoms with E-state index in [2.05, 4.69) is 20.6 Å². The lowest BCUT2D eigenvalue weighted by Crippen LogP contribution is -2.23. The Morgan fingerprint density at radius 2 is 1.82 bits per heavy atom. The molecule has 2 aromatic carbocycles. The number of carbonyl (C=O) groups is 1. The van der Waals surface area contributed by atoms with Crippen molar-refractivity contribution >= 4 is 39.8 Å². The summed E-state index contributed by atoms with van der Waals surface area (Å²) in [5, 5.41) is 8.70. The molecule has 28 heavy (non-hydrogen) atoms. The molecular weight excluding hydrogens is 372 g/mol. The molecule has 0 aliphatic carbocycles. The highest BCUT2D eigenvalue weighted by molar-refractivity contribution is 6.31. The van der Waals surface area contributed by atoms with Crippen LogP contribution in [-0.2, 0) is 6.54 Å². The normalized spacial score (nSPS) is 10.6. The highest BCUT2D eigenvalue weighted by Gasteiger charge is 2.08. The number of hydrogen-bond acceptors (Lipinski definition) is 4. The molecule has 138 valence electrons. The van der Waals surface area contributed by atoms with Gasteiger partial charge in [0.25, 0.3) is 5.91 Å². The lowest BCUT2D eigenvalue weighted by molar-refractivity contribution is 0.0946. The highest BCUT2D eigenvalue weighted by Crippen LogP contribution is 2.26. The van der Waals surface area contributed by atoms with E-state index < -0.39 is 0 Å². The van der Waals surface area contributed by atoms with Crippen molar-refractivity contribution < 1.29 is 4.79 Å². The van der Waals surface area contributed by atoms with Crippen molar-refractivity contribution in [1.29, 1.82) is 0 Å². The van der Waals surface area contributed by atoms with Crippen molar-refractivity contribution in [2.45, 2.75) is 6.54 Å². The number of aromatic nitrogens is 2. The van der Waals surface area contributed by atoms with Gasteiger partial charge in [-0.1, -0.05) is 48.0 Å². The summed E-state index contributed by atoms with van der Waals surface area (Å²) in [5.41, 5.74) is 2.13. The Hall–Kier alpha value is -3.44. The molecule has 2 aromatic heterocycles. The molecule has 0 saturated heterocycles. The summed E-state index contributed by atoms with van der Waals surface area (Å²) < 4.78 is 0. The fourth-order valence-electron chi connectivity index (χ4n) is 2.85. The van der Waals surface area contributed by atoms with E-state index >= 15 is 0 Å². The zero-order valence-corrected chi connectivity index (χ0v) is 15.6. The monoisotopic (exact) mass is 388 g/mol. The van der Waals surface area contributed by atoms with Crippen LogP contribution in [0.15, 0.2) is 79.1 Å². The molecule has 0 fully saturated rings. The molecule has 4 aromatic rings. The van der Waals surface area contributed by atoms with Crippen LogP contribution in [0.4, 0.5) is 11.5 Å². The highest BCUT2D eigenvalue weighted by atomic mass is 35.5. The Balaban J connectivity index is 1.46. The van der Waals surface area contributed by atoms with E-state index in [1.165, 1.54) is 0 Å². The maximum absolute atomic E-state index is 12.3. The standard InChI is InChI=1S/C22H17ClN4O/c23-17-7-6-16-10-11-24-21(19(16)12-17)27-18-8-9-20(25-14-18)22(28)26-13-15-4-2-1-3-5-15/h1-12,14H,13H2,(H,24,27)(H,26,28). The summed E-state index contributed by atoms with van der Waals surface area (Å²) >= 11 is 6.11. The first-order chi connectivity index (χ1) is 13.7. The van der Waals surface area contributed by atoms with E-state index in [0.717, 1.165) is 22.0 Å². The van der Waals surface area contributed by atoms with Gasteiger partial charge in [-0.3, -0.25) is 4.79 Å². The van der Waals surface area contributed by atoms with E-state index in [9.17, 15) is 4.79 Å². The van der Waals surface area contributed by atoms with Crippen LogP contribution >= 0.6 is 11.6 Å². The van der Waals surface area contributed by atoms with Gasteiger partial charge >= 0.3 is 0 Å². The minimum Gasteiger partial charge on any atom is -0.347 e. The average molecular weight is 389 g/mol. The van der Waals surface area contributed by atoms with E-state index in [0.29, 0.717) is 23.1 Å². The molecule has 6 heteroatoms. The largest absolute Gasteiger partial charge is 0.347 e. The molecule has 0 radical (unpaired) electrons. The van der Waals surface area contributed by atoms with E-state index in [4.69, 9.17) is 11.6 Å². The fourth-order valence-corrected chi connectivity index (χ4v) is 3.02. The SMILES string of the molecule is O=C(NCc1ccccc1)c1ccc(Nc2nccc3ccc(Cl)cc23)cn1. The van der Waals surface area contributed by atoms with Crippen LogP contribution in [0.3, 0.4) is 0 Å². The minimum absolute atomic E-state index is 0.217. The van der Waals surface area contributed by atoms with Crippen LogP contribution in [0.1, 0.15) is 16.1 Å². The maximum atomic E-state index is 12.3. The third kappa shape index (κ3) is 4.10. The van der Waals surface area contributed by atoms with Gasteiger partial charge in [0.05, 0.1) is 11.9 Å². The first-order valence-electron chi connectivity index (χ1n) is 8.78. The van der Waals surface area contributed by atoms with Gasteiger partial charge in [0.15, 0.2) is 0 Å². The van der Waals surface area contributed by atoms with Crippen LogP contribution in [0.2, 0.25) is 5.02 Å². The van der Waals surface area contributed by atoms with Crippen molar-refractivity contribution in [2.75, 3.05) is 5.32 Å². The quantitative estimate of drug-likeness (QED) is 0.507. The summed E-state index contributed by atoms with van der Waals surface area (Å²) in [6.45, 7) is 0.460. The Bertz CT molecular complexity index is 1110. The maximum Gasteiger partial charge on any atom is 0.270 e. The van der Waals surface area contributed by atoms with Gasteiger partial charge < -0.3 is 10.6 Å². The van der Waals surface area contributed by atoms with Crippen LogP contribution in [0.5, 0.6) is 0 Å². The molecule has 0 saturated carbocycles. The number of benzene rings is 2. The number of nitrogens with one attached hydrogen (secondary N) is 2. The van der Waals surface area contributed by atoms with Crippen LogP contribution in [0.25, 0.3) is 10.8 Å². The van der Waals surface area contributed by atoms with Gasteiger partial charge in [0.2, 0.25) is 0 Å². The zero-order valence-electron chi connectivity index (χ0n) is 14.9. The molecule has 2 heterocycles. The molecule has 2 N–H and O–H groups in total. The number of hydrogen-bond donors (Lipinski definition) is 2. The third-order valence-corrected chi connectivity index (χ3v) is 4.52. The number of pyridine rings is 2. The van der Waals surface area contributed by atoms with Crippen molar-refractivity contribution in [2.24, 2.45) is 0 Å². The van der Waals surface area contributed by atoms with Crippen molar-refractivity contribution in [3.05, 3.63) is 95.4 Å². The van der Waals surface area contributed by atoms with Crippen LogP contribution in [-0.4, -0.2) is 15.9 Å². The predicted octanol–water partition coefficient (Wildman–Crippen LogP) is 4.96. The van der Waals surface area contributed by atoms with E-state index in [1.807, 2.05) is 54.6 Å². The third-order valence-electron chi connectivity index (χ3n) is 4.28. The predicted molar refractivity (Wildman–Crippen MR) is 112 cm³/mol. The molecule has 1 amide bonds. The van der Waals surface area contributed by atoms with Crippen LogP contribution in [0, 0.1) is 0 Å². The summed E-state index contributed by atoms with van der Waals surface area (Å²) in [5.74, 6) is 0.466. The summed E-state index contributed by atoms with van der Waals surface area (Å²) in [7, 11) is 0. The molecule has 4 rings (SSSR count). The number of nitrogens with zero attached hydrogens (tertiary/aromatic N) is 2. The van der Waals surface area contributed by atoms with E-state index in [1.54, 1.807) is 24.5 Å². The molecule has 0 aliphatic heterocycles. The second-order valence-corrected chi connectivity index (χ2v) is 6.69. The molecule has 0 unspecified atom stereocenters. The molecular formula is C22H17ClN4O. The van der Waals surface area contributed by atoms with Gasteiger partial charge in [-0.25, -0.2) is 9.97 Å². The Morgan fingerprint density at radius 3 is 2.61 bits per heavy atom. The number of halogens is 1. The Morgan fingerprint density at radius 1 is 0.964 bits per heavy atom. The van der Waals surface area contributed by atoms with Gasteiger partial charge in [0.1, 0.15) is 11.5 Å². The lowest BCUT2D eigenvalue weighted by Gasteiger charge is -2.10. The van der Waals surface area contributed by atoms with Gasteiger partial charge in [-0.2, -0.15) is 0 Å². The van der Waals surface area contributed by atoms with Crippen molar-refractivity contribution in [3.8, 4) is 0 Å². The number of fused-ring (bicyclic) bond motifs is 1. The second-order valence-electron chi connectivity index (χ2n) is 6.25. The molecule has 0 bridgehead atoms. The molecule has 0 spiro atoms. The molecule has 0 aliphatic rings. The fraction of sp³-hybridized carbons (Fsp3) is 0.0455. The zero-order chi connectivity index (χ0) is 19.3. The average Bonchev–Trinajstić information content (AvgIpc) is 2.74. The lowest BCUT2D eigenvalue weighted by atomic mass is 10.1. The van der Waals surface area contributed by atoms with Crippen molar-refractivity contribution in [3.63, 3.8) is 0 Å². The van der Waals surface area contributed by atoms with Gasteiger partial charge in [-0.05, 0) is 41.3 Å². The smallest absolute Gasteiger partial charge is 0.270 e. The molecule has 0 atom stereocenters. The van der Waals surface area contributed by atoms with Crippen LogP contribution < -0.4 is 10.6 Å². The second kappa shape index (κ2) is 8.06. The first-order valence-corrected chi connectivity index (χ1v) is 9.16. The topological polar surface area (TPSA) is 66.9 Å². The number of anilines is 2. The summed E-state index contributed by atoms with van der Waals surface area (Å²) in [4.78, 5) is 20.9. The summed E-state index contributed by atoms with van der Waals surface area (Å²) in [6, 6.07) is 20.8. The minimum atomic E-state index is -0.217. The number of carbonyl (C=O) groups excluding carboxylic acids is 1. The summed E-state index contributed by atoms with van der Waals surface area (Å²) in [6.07, 6.45) is 3.35. The Labute approximate surface area is 167 Å².